The second kappa shape index (κ2) is 6.12. The first kappa shape index (κ1) is 15.1. The summed E-state index contributed by atoms with van der Waals surface area (Å²) in [5, 5.41) is 2.81. The van der Waals surface area contributed by atoms with Crippen molar-refractivity contribution in [2.24, 2.45) is 0 Å². The van der Waals surface area contributed by atoms with Crippen LogP contribution in [-0.4, -0.2) is 25.9 Å². The van der Waals surface area contributed by atoms with Crippen LogP contribution in [-0.2, 0) is 4.79 Å². The molecule has 23 heavy (non-hydrogen) atoms. The third-order valence-corrected chi connectivity index (χ3v) is 4.01. The van der Waals surface area contributed by atoms with Gasteiger partial charge in [-0.2, -0.15) is 0 Å². The molecule has 0 aromatic heterocycles. The highest BCUT2D eigenvalue weighted by molar-refractivity contribution is 6.08. The van der Waals surface area contributed by atoms with E-state index < -0.39 is 5.92 Å². The summed E-state index contributed by atoms with van der Waals surface area (Å²) in [6.45, 7) is 0. The minimum Gasteiger partial charge on any atom is -0.497 e. The zero-order valence-corrected chi connectivity index (χ0v) is 13.0. The highest BCUT2D eigenvalue weighted by Crippen LogP contribution is 2.36. The molecule has 118 valence electrons. The normalized spacial score (nSPS) is 15.7. The lowest BCUT2D eigenvalue weighted by molar-refractivity contribution is -0.117. The number of ketones is 1. The van der Waals surface area contributed by atoms with Crippen molar-refractivity contribution in [3.05, 3.63) is 53.6 Å². The fourth-order valence-corrected chi connectivity index (χ4v) is 2.81. The van der Waals surface area contributed by atoms with Crippen molar-refractivity contribution < 1.29 is 19.1 Å². The topological polar surface area (TPSA) is 64.6 Å². The number of Topliss-reactive ketones (excluding diaryl/α,β-unsaturated/α-hetero) is 1. The molecule has 1 N–H and O–H groups in total. The quantitative estimate of drug-likeness (QED) is 0.862. The molecule has 1 unspecified atom stereocenters. The molecular weight excluding hydrogens is 294 g/mol. The SMILES string of the molecule is COc1ccc(OC)c(C(=O)CC2C(=O)Nc3ccccc32)c1. The Hall–Kier alpha value is -2.82. The number of anilines is 1. The van der Waals surface area contributed by atoms with Gasteiger partial charge in [0.15, 0.2) is 5.78 Å². The Morgan fingerprint density at radius 2 is 1.91 bits per heavy atom. The van der Waals surface area contributed by atoms with Crippen LogP contribution in [0.5, 0.6) is 11.5 Å². The maximum Gasteiger partial charge on any atom is 0.232 e. The maximum atomic E-state index is 12.7. The first-order valence-corrected chi connectivity index (χ1v) is 7.29. The fraction of sp³-hybridized carbons (Fsp3) is 0.222. The molecule has 0 bridgehead atoms. The molecule has 0 aliphatic carbocycles. The number of benzene rings is 2. The van der Waals surface area contributed by atoms with Crippen LogP contribution >= 0.6 is 0 Å². The van der Waals surface area contributed by atoms with E-state index in [0.717, 1.165) is 11.3 Å². The predicted molar refractivity (Wildman–Crippen MR) is 86.3 cm³/mol. The number of para-hydroxylation sites is 1. The van der Waals surface area contributed by atoms with Gasteiger partial charge in [0.25, 0.3) is 0 Å². The summed E-state index contributed by atoms with van der Waals surface area (Å²) in [6.07, 6.45) is 0.0897. The van der Waals surface area contributed by atoms with Crippen molar-refractivity contribution in [3.63, 3.8) is 0 Å². The van der Waals surface area contributed by atoms with Gasteiger partial charge in [0.05, 0.1) is 25.7 Å². The monoisotopic (exact) mass is 311 g/mol. The van der Waals surface area contributed by atoms with Crippen molar-refractivity contribution in [1.82, 2.24) is 0 Å². The molecule has 1 aliphatic heterocycles. The van der Waals surface area contributed by atoms with Gasteiger partial charge in [-0.15, -0.1) is 0 Å². The zero-order chi connectivity index (χ0) is 16.4. The first-order valence-electron chi connectivity index (χ1n) is 7.29. The van der Waals surface area contributed by atoms with E-state index in [1.807, 2.05) is 24.3 Å². The number of fused-ring (bicyclic) bond motifs is 1. The Bertz CT molecular complexity index is 769. The number of carbonyl (C=O) groups excluding carboxylic acids is 2. The summed E-state index contributed by atoms with van der Waals surface area (Å²) < 4.78 is 10.4. The molecule has 2 aromatic rings. The van der Waals surface area contributed by atoms with Gasteiger partial charge in [-0.3, -0.25) is 9.59 Å². The number of nitrogens with one attached hydrogen (secondary N) is 1. The van der Waals surface area contributed by atoms with E-state index in [4.69, 9.17) is 9.47 Å². The second-order valence-electron chi connectivity index (χ2n) is 5.32. The summed E-state index contributed by atoms with van der Waals surface area (Å²) in [4.78, 5) is 24.8. The van der Waals surface area contributed by atoms with Crippen molar-refractivity contribution in [2.45, 2.75) is 12.3 Å². The van der Waals surface area contributed by atoms with Crippen LogP contribution in [0, 0.1) is 0 Å². The lowest BCUT2D eigenvalue weighted by atomic mass is 9.92. The molecule has 0 saturated carbocycles. The third kappa shape index (κ3) is 2.77. The van der Waals surface area contributed by atoms with E-state index in [-0.39, 0.29) is 18.1 Å². The Labute approximate surface area is 134 Å². The lowest BCUT2D eigenvalue weighted by Crippen LogP contribution is -2.16. The van der Waals surface area contributed by atoms with Gasteiger partial charge < -0.3 is 14.8 Å². The number of rotatable bonds is 5. The van der Waals surface area contributed by atoms with Gasteiger partial charge in [0, 0.05) is 12.1 Å². The summed E-state index contributed by atoms with van der Waals surface area (Å²) in [7, 11) is 3.05. The van der Waals surface area contributed by atoms with E-state index in [9.17, 15) is 9.59 Å². The summed E-state index contributed by atoms with van der Waals surface area (Å²) in [6, 6.07) is 12.5. The first-order chi connectivity index (χ1) is 11.1. The van der Waals surface area contributed by atoms with Gasteiger partial charge in [0.2, 0.25) is 5.91 Å². The van der Waals surface area contributed by atoms with Crippen LogP contribution in [0.1, 0.15) is 28.3 Å². The molecule has 0 radical (unpaired) electrons. The number of hydrogen-bond acceptors (Lipinski definition) is 4. The molecule has 2 aromatic carbocycles. The Balaban J connectivity index is 1.89. The molecule has 1 aliphatic rings. The van der Waals surface area contributed by atoms with Crippen LogP contribution in [0.4, 0.5) is 5.69 Å². The number of amides is 1. The number of ether oxygens (including phenoxy) is 2. The number of methoxy groups -OCH3 is 2. The van der Waals surface area contributed by atoms with Gasteiger partial charge in [-0.1, -0.05) is 18.2 Å². The standard InChI is InChI=1S/C18H17NO4/c1-22-11-7-8-17(23-2)14(9-11)16(20)10-13-12-5-3-4-6-15(12)19-18(13)21/h3-9,13H,10H2,1-2H3,(H,19,21). The van der Waals surface area contributed by atoms with E-state index in [0.29, 0.717) is 17.1 Å². The highest BCUT2D eigenvalue weighted by Gasteiger charge is 2.32. The average molecular weight is 311 g/mol. The van der Waals surface area contributed by atoms with Gasteiger partial charge in [-0.05, 0) is 29.8 Å². The molecule has 0 spiro atoms. The largest absolute Gasteiger partial charge is 0.497 e. The molecular formula is C18H17NO4. The molecule has 3 rings (SSSR count). The van der Waals surface area contributed by atoms with Gasteiger partial charge in [0.1, 0.15) is 11.5 Å². The van der Waals surface area contributed by atoms with Crippen molar-refractivity contribution >= 4 is 17.4 Å². The zero-order valence-electron chi connectivity index (χ0n) is 13.0. The highest BCUT2D eigenvalue weighted by atomic mass is 16.5. The lowest BCUT2D eigenvalue weighted by Gasteiger charge is -2.12. The van der Waals surface area contributed by atoms with Crippen molar-refractivity contribution in [3.8, 4) is 11.5 Å². The Kier molecular flexibility index (Phi) is 4.02. The van der Waals surface area contributed by atoms with Crippen molar-refractivity contribution in [2.75, 3.05) is 19.5 Å². The van der Waals surface area contributed by atoms with E-state index in [1.165, 1.54) is 14.2 Å². The third-order valence-electron chi connectivity index (χ3n) is 4.01. The van der Waals surface area contributed by atoms with Gasteiger partial charge in [-0.25, -0.2) is 0 Å². The predicted octanol–water partition coefficient (Wildman–Crippen LogP) is 3.01. The molecule has 5 heteroatoms. The minimum absolute atomic E-state index is 0.0897. The second-order valence-corrected chi connectivity index (χ2v) is 5.32. The fourth-order valence-electron chi connectivity index (χ4n) is 2.81. The molecule has 0 fully saturated rings. The minimum atomic E-state index is -0.477. The van der Waals surface area contributed by atoms with Crippen molar-refractivity contribution in [1.29, 1.82) is 0 Å². The molecule has 5 nitrogen and oxygen atoms in total. The van der Waals surface area contributed by atoms with E-state index in [2.05, 4.69) is 5.32 Å². The number of hydrogen-bond donors (Lipinski definition) is 1. The van der Waals surface area contributed by atoms with Crippen LogP contribution in [0.3, 0.4) is 0 Å². The van der Waals surface area contributed by atoms with Crippen LogP contribution in [0.2, 0.25) is 0 Å². The summed E-state index contributed by atoms with van der Waals surface area (Å²) >= 11 is 0. The maximum absolute atomic E-state index is 12.7. The summed E-state index contributed by atoms with van der Waals surface area (Å²) in [5.74, 6) is 0.265. The molecule has 0 saturated heterocycles. The molecule has 1 heterocycles. The van der Waals surface area contributed by atoms with Gasteiger partial charge >= 0.3 is 0 Å². The molecule has 1 atom stereocenters. The molecule has 1 amide bonds. The average Bonchev–Trinajstić information content (AvgIpc) is 2.90. The van der Waals surface area contributed by atoms with Crippen LogP contribution in [0.25, 0.3) is 0 Å². The van der Waals surface area contributed by atoms with E-state index in [1.54, 1.807) is 18.2 Å². The number of carbonyl (C=O) groups is 2. The van der Waals surface area contributed by atoms with E-state index >= 15 is 0 Å². The summed E-state index contributed by atoms with van der Waals surface area (Å²) in [5.41, 5.74) is 2.05. The van der Waals surface area contributed by atoms with Crippen LogP contribution < -0.4 is 14.8 Å². The van der Waals surface area contributed by atoms with Crippen LogP contribution in [0.15, 0.2) is 42.5 Å². The Morgan fingerprint density at radius 1 is 1.13 bits per heavy atom. The smallest absolute Gasteiger partial charge is 0.232 e. The Morgan fingerprint density at radius 3 is 2.65 bits per heavy atom.